The molecule has 0 radical (unpaired) electrons. The molecule has 1 atom stereocenters. The molecule has 0 spiro atoms. The lowest BCUT2D eigenvalue weighted by molar-refractivity contribution is 0.164. The summed E-state index contributed by atoms with van der Waals surface area (Å²) in [5.74, 6) is 0. The van der Waals surface area contributed by atoms with Crippen LogP contribution in [0.4, 0.5) is 4.39 Å². The van der Waals surface area contributed by atoms with E-state index in [1.807, 2.05) is 0 Å². The molecule has 116 valence electrons. The molecule has 4 heteroatoms. The minimum Gasteiger partial charge on any atom is -0.416 e. The molecule has 0 bridgehead atoms. The monoisotopic (exact) mass is 292 g/mol. The van der Waals surface area contributed by atoms with Crippen molar-refractivity contribution in [1.82, 2.24) is 0 Å². The van der Waals surface area contributed by atoms with E-state index in [9.17, 15) is 4.39 Å². The fraction of sp³-hybridized carbons (Fsp3) is 1.00. The van der Waals surface area contributed by atoms with Crippen molar-refractivity contribution in [1.29, 1.82) is 0 Å². The quantitative estimate of drug-likeness (QED) is 0.468. The zero-order valence-electron chi connectivity index (χ0n) is 13.6. The van der Waals surface area contributed by atoms with Crippen LogP contribution in [0.25, 0.3) is 0 Å². The lowest BCUT2D eigenvalue weighted by Gasteiger charge is -2.42. The van der Waals surface area contributed by atoms with Gasteiger partial charge in [-0.2, -0.15) is 0 Å². The normalized spacial score (nSPS) is 14.7. The predicted octanol–water partition coefficient (Wildman–Crippen LogP) is 4.68. The first kappa shape index (κ1) is 19.1. The highest BCUT2D eigenvalue weighted by Crippen LogP contribution is 2.42. The van der Waals surface area contributed by atoms with Gasteiger partial charge in [0.15, 0.2) is 8.32 Å². The van der Waals surface area contributed by atoms with Gasteiger partial charge < -0.3 is 9.53 Å². The zero-order valence-corrected chi connectivity index (χ0v) is 14.6. The minimum absolute atomic E-state index is 0.358. The highest BCUT2D eigenvalue weighted by atomic mass is 28.4. The van der Waals surface area contributed by atoms with Crippen LogP contribution in [0.5, 0.6) is 0 Å². The summed E-state index contributed by atoms with van der Waals surface area (Å²) in [6.07, 6.45) is 1.06. The molecule has 19 heavy (non-hydrogen) atoms. The second-order valence-corrected chi connectivity index (χ2v) is 11.9. The number of aliphatic hydroxyl groups excluding tert-OH is 1. The Hall–Kier alpha value is 0.0669. The van der Waals surface area contributed by atoms with E-state index in [1.54, 1.807) is 0 Å². The summed E-state index contributed by atoms with van der Waals surface area (Å²) < 4.78 is 19.3. The van der Waals surface area contributed by atoms with Crippen molar-refractivity contribution < 1.29 is 13.9 Å². The number of rotatable bonds is 10. The third kappa shape index (κ3) is 5.52. The zero-order chi connectivity index (χ0) is 15.1. The molecule has 0 saturated carbocycles. The molecule has 0 aromatic carbocycles. The maximum atomic E-state index is 12.9. The number of halogens is 1. The van der Waals surface area contributed by atoms with E-state index < -0.39 is 14.5 Å². The molecular weight excluding hydrogens is 259 g/mol. The summed E-state index contributed by atoms with van der Waals surface area (Å²) in [6, 6.07) is 0. The van der Waals surface area contributed by atoms with Crippen LogP contribution in [-0.4, -0.2) is 32.8 Å². The van der Waals surface area contributed by atoms with E-state index in [0.717, 1.165) is 19.4 Å². The number of hydrogen-bond donors (Lipinski definition) is 1. The second-order valence-electron chi connectivity index (χ2n) is 6.44. The van der Waals surface area contributed by atoms with Crippen LogP contribution in [0.15, 0.2) is 0 Å². The van der Waals surface area contributed by atoms with Crippen LogP contribution in [0.1, 0.15) is 60.8 Å². The number of hydrogen-bond acceptors (Lipinski definition) is 2. The van der Waals surface area contributed by atoms with Gasteiger partial charge in [-0.3, -0.25) is 0 Å². The Balaban J connectivity index is 4.29. The van der Waals surface area contributed by atoms with Crippen molar-refractivity contribution in [2.45, 2.75) is 83.6 Å². The molecule has 0 aromatic rings. The third-order valence-electron chi connectivity index (χ3n) is 4.17. The molecular formula is C15H33FO2Si. The van der Waals surface area contributed by atoms with Crippen molar-refractivity contribution in [2.24, 2.45) is 0 Å². The van der Waals surface area contributed by atoms with Crippen LogP contribution in [0, 0.1) is 0 Å². The average molecular weight is 293 g/mol. The van der Waals surface area contributed by atoms with Gasteiger partial charge in [0.2, 0.25) is 0 Å². The summed E-state index contributed by atoms with van der Waals surface area (Å²) in [5, 5.41) is 8.64. The number of unbranched alkanes of at least 4 members (excludes halogenated alkanes) is 1. The lowest BCUT2D eigenvalue weighted by Crippen LogP contribution is -2.47. The van der Waals surface area contributed by atoms with Gasteiger partial charge in [0, 0.05) is 6.61 Å². The molecule has 0 aliphatic heterocycles. The second kappa shape index (κ2) is 9.09. The molecule has 0 saturated heterocycles. The fourth-order valence-corrected chi connectivity index (χ4v) is 8.81. The molecule has 0 fully saturated rings. The maximum absolute atomic E-state index is 12.9. The largest absolute Gasteiger partial charge is 0.416 e. The molecule has 0 aromatic heterocycles. The predicted molar refractivity (Wildman–Crippen MR) is 82.8 cm³/mol. The minimum atomic E-state index is -1.76. The van der Waals surface area contributed by atoms with Gasteiger partial charge in [0.05, 0.1) is 6.61 Å². The van der Waals surface area contributed by atoms with Gasteiger partial charge in [-0.15, -0.1) is 0 Å². The molecule has 1 unspecified atom stereocenters. The Morgan fingerprint density at radius 3 is 1.79 bits per heavy atom. The molecule has 2 nitrogen and oxygen atoms in total. The van der Waals surface area contributed by atoms with Crippen LogP contribution in [0.2, 0.25) is 16.6 Å². The first-order valence-corrected chi connectivity index (χ1v) is 9.81. The number of alkyl halides is 1. The van der Waals surface area contributed by atoms with Crippen LogP contribution in [0.3, 0.4) is 0 Å². The van der Waals surface area contributed by atoms with Crippen molar-refractivity contribution in [3.8, 4) is 0 Å². The summed E-state index contributed by atoms with van der Waals surface area (Å²) in [5.41, 5.74) is 1.79. The van der Waals surface area contributed by atoms with Gasteiger partial charge >= 0.3 is 0 Å². The summed E-state index contributed by atoms with van der Waals surface area (Å²) in [7, 11) is -1.76. The van der Waals surface area contributed by atoms with E-state index in [2.05, 4.69) is 41.5 Å². The Kier molecular flexibility index (Phi) is 9.12. The van der Waals surface area contributed by atoms with E-state index in [0.29, 0.717) is 23.0 Å². The third-order valence-corrected chi connectivity index (χ3v) is 10.3. The van der Waals surface area contributed by atoms with Gasteiger partial charge in [-0.05, 0) is 35.9 Å². The lowest BCUT2D eigenvalue weighted by atomic mass is 10.2. The Labute approximate surface area is 119 Å². The van der Waals surface area contributed by atoms with Crippen molar-refractivity contribution >= 4 is 8.32 Å². The Morgan fingerprint density at radius 1 is 0.947 bits per heavy atom. The molecule has 0 aliphatic carbocycles. The smallest absolute Gasteiger partial charge is 0.200 e. The van der Waals surface area contributed by atoms with Crippen molar-refractivity contribution in [3.63, 3.8) is 0 Å². The first-order chi connectivity index (χ1) is 8.78. The molecule has 0 heterocycles. The molecule has 1 N–H and O–H groups in total. The Morgan fingerprint density at radius 2 is 1.42 bits per heavy atom. The topological polar surface area (TPSA) is 29.5 Å². The van der Waals surface area contributed by atoms with Crippen LogP contribution in [-0.2, 0) is 4.43 Å². The molecule has 0 rings (SSSR count). The van der Waals surface area contributed by atoms with Gasteiger partial charge in [-0.1, -0.05) is 41.5 Å². The van der Waals surface area contributed by atoms with Crippen molar-refractivity contribution in [3.05, 3.63) is 0 Å². The van der Waals surface area contributed by atoms with E-state index in [4.69, 9.17) is 9.53 Å². The van der Waals surface area contributed by atoms with Crippen molar-refractivity contribution in [2.75, 3.05) is 13.2 Å². The molecule has 0 aliphatic rings. The summed E-state index contributed by atoms with van der Waals surface area (Å²) >= 11 is 0. The average Bonchev–Trinajstić information content (AvgIpc) is 2.31. The number of aliphatic hydroxyl groups is 1. The molecule has 0 amide bonds. The van der Waals surface area contributed by atoms with E-state index >= 15 is 0 Å². The van der Waals surface area contributed by atoms with E-state index in [-0.39, 0.29) is 6.61 Å². The van der Waals surface area contributed by atoms with Gasteiger partial charge in [0.1, 0.15) is 6.17 Å². The highest BCUT2D eigenvalue weighted by molar-refractivity contribution is 6.77. The SMILES string of the molecule is CC(C)[Si](OCCCCC(F)CO)(C(C)C)C(C)C. The highest BCUT2D eigenvalue weighted by Gasteiger charge is 2.44. The summed E-state index contributed by atoms with van der Waals surface area (Å²) in [6.45, 7) is 14.0. The Bertz CT molecular complexity index is 210. The summed E-state index contributed by atoms with van der Waals surface area (Å²) in [4.78, 5) is 0. The first-order valence-electron chi connectivity index (χ1n) is 7.67. The van der Waals surface area contributed by atoms with Gasteiger partial charge in [-0.25, -0.2) is 4.39 Å². The van der Waals surface area contributed by atoms with Gasteiger partial charge in [0.25, 0.3) is 0 Å². The van der Waals surface area contributed by atoms with Crippen LogP contribution < -0.4 is 0 Å². The maximum Gasteiger partial charge on any atom is 0.200 e. The van der Waals surface area contributed by atoms with Crippen LogP contribution >= 0.6 is 0 Å². The fourth-order valence-electron chi connectivity index (χ4n) is 3.31. The van der Waals surface area contributed by atoms with E-state index in [1.165, 1.54) is 0 Å². The standard InChI is InChI=1S/C15H33FO2Si/c1-12(2)19(13(3)4,14(5)6)18-10-8-7-9-15(16)11-17/h12-15,17H,7-11H2,1-6H3.